The molecule has 0 radical (unpaired) electrons. The summed E-state index contributed by atoms with van der Waals surface area (Å²) in [5.74, 6) is 0.258. The lowest BCUT2D eigenvalue weighted by Gasteiger charge is -2.12. The topological polar surface area (TPSA) is 38.8 Å². The molecule has 0 aliphatic carbocycles. The van der Waals surface area contributed by atoms with Gasteiger partial charge in [0.15, 0.2) is 0 Å². The van der Waals surface area contributed by atoms with E-state index in [4.69, 9.17) is 9.47 Å². The molecule has 4 heteroatoms. The molecule has 1 atom stereocenters. The molecule has 1 aromatic rings. The summed E-state index contributed by atoms with van der Waals surface area (Å²) in [5.41, 5.74) is 0.612. The Bertz CT molecular complexity index is 410. The molecule has 0 amide bonds. The second-order valence-corrected chi connectivity index (χ2v) is 4.67. The molecule has 1 aliphatic heterocycles. The van der Waals surface area contributed by atoms with Crippen molar-refractivity contribution in [2.45, 2.75) is 19.4 Å². The lowest BCUT2D eigenvalue weighted by atomic mass is 10.0. The van der Waals surface area contributed by atoms with E-state index in [1.165, 1.54) is 6.92 Å². The molecule has 0 N–H and O–H groups in total. The minimum atomic E-state index is -0.317. The van der Waals surface area contributed by atoms with E-state index in [1.807, 2.05) is 19.1 Å². The number of hydrogen-bond acceptors (Lipinski definition) is 3. The van der Waals surface area contributed by atoms with Crippen molar-refractivity contribution < 1.29 is 14.3 Å². The molecule has 3 nitrogen and oxygen atoms in total. The Morgan fingerprint density at radius 2 is 2.27 bits per heavy atom. The molecule has 1 aromatic carbocycles. The number of carbonyl (C=O) groups is 1. The van der Waals surface area contributed by atoms with E-state index in [2.05, 4.69) is 15.9 Å². The molecule has 0 spiro atoms. The van der Waals surface area contributed by atoms with Gasteiger partial charge in [-0.15, -0.1) is 0 Å². The third-order valence-corrected chi connectivity index (χ3v) is 2.84. The van der Waals surface area contributed by atoms with Gasteiger partial charge in [-0.05, 0) is 25.1 Å². The molecule has 1 fully saturated rings. The Balaban J connectivity index is 2.40. The summed E-state index contributed by atoms with van der Waals surface area (Å²) in [5, 5.41) is 0. The van der Waals surface area contributed by atoms with Crippen LogP contribution in [0.3, 0.4) is 0 Å². The van der Waals surface area contributed by atoms with Gasteiger partial charge >= 0.3 is 5.97 Å². The molecule has 0 aromatic heterocycles. The third-order valence-electron chi connectivity index (χ3n) is 2.34. The monoisotopic (exact) mass is 270 g/mol. The Labute approximate surface area is 96.5 Å². The van der Waals surface area contributed by atoms with Gasteiger partial charge in [-0.25, -0.2) is 0 Å². The summed E-state index contributed by atoms with van der Waals surface area (Å²) in [6, 6.07) is 5.53. The van der Waals surface area contributed by atoms with Crippen molar-refractivity contribution in [3.63, 3.8) is 0 Å². The van der Waals surface area contributed by atoms with Crippen LogP contribution in [-0.2, 0) is 15.1 Å². The van der Waals surface area contributed by atoms with Crippen molar-refractivity contribution in [2.24, 2.45) is 0 Å². The highest BCUT2D eigenvalue weighted by Gasteiger charge is 2.43. The Morgan fingerprint density at radius 1 is 1.60 bits per heavy atom. The van der Waals surface area contributed by atoms with Crippen LogP contribution in [0.5, 0.6) is 5.75 Å². The maximum Gasteiger partial charge on any atom is 0.308 e. The lowest BCUT2D eigenvalue weighted by Crippen LogP contribution is -2.09. The summed E-state index contributed by atoms with van der Waals surface area (Å²) in [4.78, 5) is 10.9. The van der Waals surface area contributed by atoms with E-state index < -0.39 is 0 Å². The quantitative estimate of drug-likeness (QED) is 0.471. The van der Waals surface area contributed by atoms with Crippen molar-refractivity contribution in [1.82, 2.24) is 0 Å². The molecular formula is C11H11BrO3. The van der Waals surface area contributed by atoms with Crippen LogP contribution in [0.2, 0.25) is 0 Å². The average molecular weight is 271 g/mol. The van der Waals surface area contributed by atoms with Gasteiger partial charge in [0.2, 0.25) is 0 Å². The number of rotatable bonds is 2. The second-order valence-electron chi connectivity index (χ2n) is 3.75. The number of carbonyl (C=O) groups excluding carboxylic acids is 1. The number of ether oxygens (including phenoxy) is 2. The highest BCUT2D eigenvalue weighted by Crippen LogP contribution is 2.43. The number of halogens is 1. The minimum Gasteiger partial charge on any atom is -0.426 e. The molecule has 1 saturated heterocycles. The molecule has 1 unspecified atom stereocenters. The number of benzene rings is 1. The summed E-state index contributed by atoms with van der Waals surface area (Å²) in [7, 11) is 0. The minimum absolute atomic E-state index is 0.297. The molecule has 1 heterocycles. The molecule has 1 aliphatic rings. The van der Waals surface area contributed by atoms with Crippen LogP contribution in [0.4, 0.5) is 0 Å². The molecular weight excluding hydrogens is 260 g/mol. The Hall–Kier alpha value is -0.870. The third kappa shape index (κ3) is 2.21. The first kappa shape index (κ1) is 10.6. The highest BCUT2D eigenvalue weighted by molar-refractivity contribution is 9.10. The zero-order valence-corrected chi connectivity index (χ0v) is 10.1. The van der Waals surface area contributed by atoms with Crippen molar-refractivity contribution in [1.29, 1.82) is 0 Å². The molecule has 80 valence electrons. The smallest absolute Gasteiger partial charge is 0.308 e. The first-order chi connectivity index (χ1) is 7.01. The van der Waals surface area contributed by atoms with Crippen LogP contribution >= 0.6 is 15.9 Å². The van der Waals surface area contributed by atoms with Gasteiger partial charge in [-0.3, -0.25) is 4.79 Å². The van der Waals surface area contributed by atoms with E-state index in [9.17, 15) is 4.79 Å². The largest absolute Gasteiger partial charge is 0.426 e. The maximum atomic E-state index is 10.9. The average Bonchev–Trinajstić information content (AvgIpc) is 2.87. The fourth-order valence-corrected chi connectivity index (χ4v) is 1.78. The maximum absolute atomic E-state index is 10.9. The predicted octanol–water partition coefficient (Wildman–Crippen LogP) is 2.62. The molecule has 0 saturated carbocycles. The Morgan fingerprint density at radius 3 is 2.80 bits per heavy atom. The normalized spacial score (nSPS) is 23.7. The zero-order valence-electron chi connectivity index (χ0n) is 8.54. The first-order valence-electron chi connectivity index (χ1n) is 4.64. The second kappa shape index (κ2) is 3.61. The standard InChI is InChI=1S/C11H11BrO3/c1-7(13)15-10-4-3-8(12)5-9(10)11(2)6-14-11/h3-5H,6H2,1-2H3. The van der Waals surface area contributed by atoms with E-state index in [1.54, 1.807) is 6.07 Å². The van der Waals surface area contributed by atoms with Crippen LogP contribution in [0.1, 0.15) is 19.4 Å². The van der Waals surface area contributed by atoms with Gasteiger partial charge in [0.25, 0.3) is 0 Å². The lowest BCUT2D eigenvalue weighted by molar-refractivity contribution is -0.131. The van der Waals surface area contributed by atoms with Gasteiger partial charge in [0.05, 0.1) is 6.61 Å². The zero-order chi connectivity index (χ0) is 11.1. The molecule has 2 rings (SSSR count). The van der Waals surface area contributed by atoms with Gasteiger partial charge < -0.3 is 9.47 Å². The van der Waals surface area contributed by atoms with Crippen LogP contribution in [0.25, 0.3) is 0 Å². The summed E-state index contributed by atoms with van der Waals surface area (Å²) in [6.45, 7) is 4.03. The van der Waals surface area contributed by atoms with Gasteiger partial charge in [-0.1, -0.05) is 15.9 Å². The fraction of sp³-hybridized carbons (Fsp3) is 0.364. The van der Waals surface area contributed by atoms with Gasteiger partial charge in [0.1, 0.15) is 11.4 Å². The SMILES string of the molecule is CC(=O)Oc1ccc(Br)cc1C1(C)CO1. The van der Waals surface area contributed by atoms with Gasteiger partial charge in [-0.2, -0.15) is 0 Å². The van der Waals surface area contributed by atoms with Gasteiger partial charge in [0, 0.05) is 17.0 Å². The molecule has 15 heavy (non-hydrogen) atoms. The fourth-order valence-electron chi connectivity index (χ4n) is 1.42. The van der Waals surface area contributed by atoms with E-state index in [0.717, 1.165) is 10.0 Å². The number of esters is 1. The van der Waals surface area contributed by atoms with E-state index >= 15 is 0 Å². The van der Waals surface area contributed by atoms with Crippen LogP contribution < -0.4 is 4.74 Å². The van der Waals surface area contributed by atoms with Crippen molar-refractivity contribution in [3.8, 4) is 5.75 Å². The number of epoxide rings is 1. The van der Waals surface area contributed by atoms with Crippen LogP contribution in [0, 0.1) is 0 Å². The summed E-state index contributed by atoms with van der Waals surface area (Å²) >= 11 is 3.39. The number of hydrogen-bond donors (Lipinski definition) is 0. The Kier molecular flexibility index (Phi) is 2.56. The first-order valence-corrected chi connectivity index (χ1v) is 5.43. The van der Waals surface area contributed by atoms with Crippen molar-refractivity contribution in [2.75, 3.05) is 6.61 Å². The molecule has 0 bridgehead atoms. The van der Waals surface area contributed by atoms with Crippen LogP contribution in [-0.4, -0.2) is 12.6 Å². The van der Waals surface area contributed by atoms with E-state index in [-0.39, 0.29) is 11.6 Å². The summed E-state index contributed by atoms with van der Waals surface area (Å²) in [6.07, 6.45) is 0. The summed E-state index contributed by atoms with van der Waals surface area (Å²) < 4.78 is 11.4. The van der Waals surface area contributed by atoms with Crippen molar-refractivity contribution in [3.05, 3.63) is 28.2 Å². The van der Waals surface area contributed by atoms with E-state index in [0.29, 0.717) is 12.4 Å². The predicted molar refractivity (Wildman–Crippen MR) is 58.8 cm³/mol. The highest BCUT2D eigenvalue weighted by atomic mass is 79.9. The van der Waals surface area contributed by atoms with Crippen LogP contribution in [0.15, 0.2) is 22.7 Å². The van der Waals surface area contributed by atoms with Crippen molar-refractivity contribution >= 4 is 21.9 Å².